The summed E-state index contributed by atoms with van der Waals surface area (Å²) in [6.45, 7) is 4.67. The molecule has 4 aromatic rings. The lowest BCUT2D eigenvalue weighted by Gasteiger charge is -2.10. The Balaban J connectivity index is 1.43. The van der Waals surface area contributed by atoms with Gasteiger partial charge in [-0.05, 0) is 61.5 Å². The molecule has 2 heterocycles. The molecule has 0 aliphatic heterocycles. The highest BCUT2D eigenvalue weighted by Gasteiger charge is 2.15. The van der Waals surface area contributed by atoms with Gasteiger partial charge in [-0.2, -0.15) is 10.2 Å². The minimum Gasteiger partial charge on any atom is -0.329 e. The summed E-state index contributed by atoms with van der Waals surface area (Å²) in [6.07, 6.45) is 1.65. The quantitative estimate of drug-likeness (QED) is 0.351. The molecule has 2 N–H and O–H groups in total. The lowest BCUT2D eigenvalue weighted by Crippen LogP contribution is -2.20. The third kappa shape index (κ3) is 5.55. The summed E-state index contributed by atoms with van der Waals surface area (Å²) in [4.78, 5) is 0. The molecule has 0 fully saturated rings. The van der Waals surface area contributed by atoms with E-state index in [1.165, 1.54) is 24.3 Å². The highest BCUT2D eigenvalue weighted by molar-refractivity contribution is 7.80. The van der Waals surface area contributed by atoms with E-state index >= 15 is 0 Å². The predicted molar refractivity (Wildman–Crippen MR) is 130 cm³/mol. The van der Waals surface area contributed by atoms with Crippen LogP contribution in [0.25, 0.3) is 0 Å². The standard InChI is InChI=1S/C23H21ClF2N6S/c1-14-21(15(2)32(29-14)12-16-6-8-18(25)9-7-16)27-23(33)28-22-20(24)13-31(30-22)11-17-4-3-5-19(26)10-17/h3-10,13H,11-12H2,1-2H3,(H2,27,28,30,33). The third-order valence-corrected chi connectivity index (χ3v) is 5.53. The Hall–Kier alpha value is -3.30. The van der Waals surface area contributed by atoms with Gasteiger partial charge in [0.15, 0.2) is 10.9 Å². The number of anilines is 2. The fourth-order valence-electron chi connectivity index (χ4n) is 3.43. The van der Waals surface area contributed by atoms with Gasteiger partial charge in [0.25, 0.3) is 0 Å². The number of aromatic nitrogens is 4. The molecular formula is C23H21ClF2N6S. The molecule has 4 rings (SSSR count). The zero-order valence-electron chi connectivity index (χ0n) is 17.9. The second-order valence-electron chi connectivity index (χ2n) is 7.56. The van der Waals surface area contributed by atoms with E-state index in [-0.39, 0.29) is 11.6 Å². The van der Waals surface area contributed by atoms with Gasteiger partial charge in [0.2, 0.25) is 0 Å². The van der Waals surface area contributed by atoms with Gasteiger partial charge in [0.05, 0.1) is 30.2 Å². The second-order valence-corrected chi connectivity index (χ2v) is 8.38. The van der Waals surface area contributed by atoms with Crippen LogP contribution in [-0.4, -0.2) is 24.7 Å². The first-order valence-corrected chi connectivity index (χ1v) is 10.9. The summed E-state index contributed by atoms with van der Waals surface area (Å²) in [7, 11) is 0. The zero-order chi connectivity index (χ0) is 23.5. The molecule has 6 nitrogen and oxygen atoms in total. The fourth-order valence-corrected chi connectivity index (χ4v) is 3.83. The number of halogens is 3. The number of nitrogens with one attached hydrogen (secondary N) is 2. The van der Waals surface area contributed by atoms with Crippen molar-refractivity contribution in [2.75, 3.05) is 10.6 Å². The van der Waals surface area contributed by atoms with Crippen molar-refractivity contribution < 1.29 is 8.78 Å². The minimum atomic E-state index is -0.305. The van der Waals surface area contributed by atoms with Crippen LogP contribution >= 0.6 is 23.8 Å². The first kappa shape index (κ1) is 22.9. The van der Waals surface area contributed by atoms with E-state index in [0.29, 0.717) is 29.0 Å². The van der Waals surface area contributed by atoms with E-state index in [2.05, 4.69) is 20.8 Å². The van der Waals surface area contributed by atoms with Gasteiger partial charge in [-0.3, -0.25) is 9.36 Å². The molecule has 0 unspecified atom stereocenters. The van der Waals surface area contributed by atoms with E-state index < -0.39 is 0 Å². The summed E-state index contributed by atoms with van der Waals surface area (Å²) in [5.41, 5.74) is 4.11. The maximum absolute atomic E-state index is 13.4. The van der Waals surface area contributed by atoms with Gasteiger partial charge in [0, 0.05) is 6.20 Å². The Morgan fingerprint density at radius 3 is 2.45 bits per heavy atom. The van der Waals surface area contributed by atoms with Crippen molar-refractivity contribution >= 4 is 40.4 Å². The summed E-state index contributed by atoms with van der Waals surface area (Å²) in [5, 5.41) is 15.8. The van der Waals surface area contributed by atoms with Crippen molar-refractivity contribution in [2.45, 2.75) is 26.9 Å². The zero-order valence-corrected chi connectivity index (χ0v) is 19.5. The molecule has 0 amide bonds. The summed E-state index contributed by atoms with van der Waals surface area (Å²) >= 11 is 11.8. The smallest absolute Gasteiger partial charge is 0.176 e. The summed E-state index contributed by atoms with van der Waals surface area (Å²) in [6, 6.07) is 12.6. The van der Waals surface area contributed by atoms with E-state index in [1.807, 2.05) is 24.6 Å². The van der Waals surface area contributed by atoms with E-state index in [0.717, 1.165) is 28.2 Å². The maximum Gasteiger partial charge on any atom is 0.176 e. The van der Waals surface area contributed by atoms with E-state index in [1.54, 1.807) is 29.1 Å². The van der Waals surface area contributed by atoms with Gasteiger partial charge >= 0.3 is 0 Å². The number of rotatable bonds is 6. The van der Waals surface area contributed by atoms with Crippen LogP contribution in [0.5, 0.6) is 0 Å². The molecule has 0 atom stereocenters. The first-order valence-electron chi connectivity index (χ1n) is 10.1. The number of hydrogen-bond donors (Lipinski definition) is 2. The Morgan fingerprint density at radius 1 is 0.970 bits per heavy atom. The molecule has 2 aromatic heterocycles. The first-order chi connectivity index (χ1) is 15.8. The lowest BCUT2D eigenvalue weighted by atomic mass is 10.2. The van der Waals surface area contributed by atoms with Crippen LogP contribution in [0.3, 0.4) is 0 Å². The van der Waals surface area contributed by atoms with Crippen LogP contribution in [0, 0.1) is 25.5 Å². The third-order valence-electron chi connectivity index (χ3n) is 5.05. The lowest BCUT2D eigenvalue weighted by molar-refractivity contribution is 0.619. The molecule has 0 saturated carbocycles. The molecule has 0 bridgehead atoms. The SMILES string of the molecule is Cc1nn(Cc2ccc(F)cc2)c(C)c1NC(=S)Nc1nn(Cc2cccc(F)c2)cc1Cl. The van der Waals surface area contributed by atoms with Crippen molar-refractivity contribution in [2.24, 2.45) is 0 Å². The topological polar surface area (TPSA) is 59.7 Å². The average Bonchev–Trinajstić information content (AvgIpc) is 3.23. The van der Waals surface area contributed by atoms with Crippen LogP contribution in [-0.2, 0) is 13.1 Å². The fraction of sp³-hybridized carbons (Fsp3) is 0.174. The van der Waals surface area contributed by atoms with E-state index in [4.69, 9.17) is 23.8 Å². The Bertz CT molecular complexity index is 1300. The number of thiocarbonyl (C=S) groups is 1. The second kappa shape index (κ2) is 9.68. The average molecular weight is 487 g/mol. The minimum absolute atomic E-state index is 0.275. The molecule has 0 spiro atoms. The monoisotopic (exact) mass is 486 g/mol. The number of hydrogen-bond acceptors (Lipinski definition) is 3. The molecule has 170 valence electrons. The van der Waals surface area contributed by atoms with E-state index in [9.17, 15) is 8.78 Å². The van der Waals surface area contributed by atoms with Crippen LogP contribution in [0.2, 0.25) is 5.02 Å². The normalized spacial score (nSPS) is 10.9. The largest absolute Gasteiger partial charge is 0.329 e. The summed E-state index contributed by atoms with van der Waals surface area (Å²) < 4.78 is 30.0. The maximum atomic E-state index is 13.4. The molecule has 0 aliphatic carbocycles. The molecule has 0 saturated heterocycles. The van der Waals surface area contributed by atoms with Crippen LogP contribution in [0.15, 0.2) is 54.7 Å². The van der Waals surface area contributed by atoms with Crippen molar-refractivity contribution in [1.82, 2.24) is 19.6 Å². The molecule has 2 aromatic carbocycles. The van der Waals surface area contributed by atoms with Crippen LogP contribution in [0.1, 0.15) is 22.5 Å². The Morgan fingerprint density at radius 2 is 1.73 bits per heavy atom. The molecule has 10 heteroatoms. The molecule has 0 radical (unpaired) electrons. The highest BCUT2D eigenvalue weighted by atomic mass is 35.5. The summed E-state index contributed by atoms with van der Waals surface area (Å²) in [5.74, 6) is -0.192. The van der Waals surface area contributed by atoms with Gasteiger partial charge in [-0.25, -0.2) is 8.78 Å². The number of aryl methyl sites for hydroxylation is 1. The molecule has 33 heavy (non-hydrogen) atoms. The van der Waals surface area contributed by atoms with Gasteiger partial charge in [-0.15, -0.1) is 0 Å². The number of benzene rings is 2. The molecular weight excluding hydrogens is 466 g/mol. The van der Waals surface area contributed by atoms with Crippen LogP contribution < -0.4 is 10.6 Å². The highest BCUT2D eigenvalue weighted by Crippen LogP contribution is 2.23. The van der Waals surface area contributed by atoms with Gasteiger partial charge < -0.3 is 10.6 Å². The number of nitrogens with zero attached hydrogens (tertiary/aromatic N) is 4. The van der Waals surface area contributed by atoms with Crippen molar-refractivity contribution in [3.63, 3.8) is 0 Å². The Kier molecular flexibility index (Phi) is 6.71. The van der Waals surface area contributed by atoms with Gasteiger partial charge in [0.1, 0.15) is 16.7 Å². The van der Waals surface area contributed by atoms with Crippen molar-refractivity contribution in [3.05, 3.63) is 93.9 Å². The predicted octanol–water partition coefficient (Wildman–Crippen LogP) is 5.53. The Labute approximate surface area is 200 Å². The van der Waals surface area contributed by atoms with Crippen molar-refractivity contribution in [1.29, 1.82) is 0 Å². The molecule has 0 aliphatic rings. The van der Waals surface area contributed by atoms with Gasteiger partial charge in [-0.1, -0.05) is 35.9 Å². The van der Waals surface area contributed by atoms with Crippen molar-refractivity contribution in [3.8, 4) is 0 Å². The van der Waals surface area contributed by atoms with Crippen LogP contribution in [0.4, 0.5) is 20.3 Å².